The summed E-state index contributed by atoms with van der Waals surface area (Å²) >= 11 is 0. The highest BCUT2D eigenvalue weighted by molar-refractivity contribution is 5.96. The van der Waals surface area contributed by atoms with Crippen LogP contribution in [0.4, 0.5) is 4.39 Å². The van der Waals surface area contributed by atoms with Gasteiger partial charge in [-0.15, -0.1) is 0 Å². The zero-order valence-corrected chi connectivity index (χ0v) is 11.8. The number of carbonyl (C=O) groups excluding carboxylic acids is 1. The van der Waals surface area contributed by atoms with Crippen molar-refractivity contribution in [1.29, 1.82) is 0 Å². The molecular weight excluding hydrogens is 269 g/mol. The van der Waals surface area contributed by atoms with E-state index in [4.69, 9.17) is 4.74 Å². The number of halogens is 1. The molecule has 1 amide bonds. The monoisotopic (exact) mass is 285 g/mol. The van der Waals surface area contributed by atoms with E-state index in [9.17, 15) is 9.18 Å². The first-order chi connectivity index (χ1) is 10.2. The van der Waals surface area contributed by atoms with Crippen molar-refractivity contribution in [3.63, 3.8) is 0 Å². The second-order valence-electron chi connectivity index (χ2n) is 5.10. The van der Waals surface area contributed by atoms with Crippen LogP contribution in [-0.2, 0) is 13.0 Å². The predicted molar refractivity (Wildman–Crippen MR) is 77.8 cm³/mol. The Balaban J connectivity index is 1.80. The Morgan fingerprint density at radius 3 is 2.81 bits per heavy atom. The van der Waals surface area contributed by atoms with Crippen molar-refractivity contribution in [2.75, 3.05) is 13.7 Å². The minimum atomic E-state index is -0.403. The van der Waals surface area contributed by atoms with E-state index in [2.05, 4.69) is 0 Å². The zero-order chi connectivity index (χ0) is 14.8. The lowest BCUT2D eigenvalue weighted by atomic mass is 9.98. The number of carbonyl (C=O) groups is 1. The maximum atomic E-state index is 13.7. The van der Waals surface area contributed by atoms with Gasteiger partial charge in [0.2, 0.25) is 0 Å². The Hall–Kier alpha value is -2.36. The predicted octanol–water partition coefficient (Wildman–Crippen LogP) is 3.03. The molecule has 2 aromatic carbocycles. The smallest absolute Gasteiger partial charge is 0.254 e. The fraction of sp³-hybridized carbons (Fsp3) is 0.235. The van der Waals surface area contributed by atoms with E-state index < -0.39 is 5.82 Å². The molecule has 1 heterocycles. The molecule has 0 fully saturated rings. The number of ether oxygens (including phenoxy) is 1. The van der Waals surface area contributed by atoms with Crippen LogP contribution >= 0.6 is 0 Å². The van der Waals surface area contributed by atoms with Crippen LogP contribution in [0.5, 0.6) is 5.75 Å². The Morgan fingerprint density at radius 2 is 2.05 bits per heavy atom. The van der Waals surface area contributed by atoms with E-state index in [0.29, 0.717) is 13.1 Å². The lowest BCUT2D eigenvalue weighted by Crippen LogP contribution is -2.36. The van der Waals surface area contributed by atoms with Crippen LogP contribution < -0.4 is 4.74 Å². The van der Waals surface area contributed by atoms with Gasteiger partial charge in [-0.05, 0) is 35.7 Å². The van der Waals surface area contributed by atoms with Gasteiger partial charge in [-0.25, -0.2) is 4.39 Å². The van der Waals surface area contributed by atoms with Crippen molar-refractivity contribution >= 4 is 5.91 Å². The zero-order valence-electron chi connectivity index (χ0n) is 11.8. The molecule has 0 bridgehead atoms. The quantitative estimate of drug-likeness (QED) is 0.867. The van der Waals surface area contributed by atoms with Crippen LogP contribution in [0.15, 0.2) is 42.5 Å². The van der Waals surface area contributed by atoms with Gasteiger partial charge in [-0.2, -0.15) is 0 Å². The van der Waals surface area contributed by atoms with Crippen molar-refractivity contribution in [3.8, 4) is 5.75 Å². The lowest BCUT2D eigenvalue weighted by molar-refractivity contribution is 0.0727. The van der Waals surface area contributed by atoms with Gasteiger partial charge >= 0.3 is 0 Å². The Labute approximate surface area is 123 Å². The van der Waals surface area contributed by atoms with Crippen molar-refractivity contribution in [2.24, 2.45) is 0 Å². The van der Waals surface area contributed by atoms with Crippen LogP contribution in [-0.4, -0.2) is 24.5 Å². The van der Waals surface area contributed by atoms with Crippen molar-refractivity contribution < 1.29 is 13.9 Å². The van der Waals surface area contributed by atoms with Gasteiger partial charge < -0.3 is 9.64 Å². The van der Waals surface area contributed by atoms with E-state index in [1.165, 1.54) is 13.2 Å². The third-order valence-electron chi connectivity index (χ3n) is 3.78. The van der Waals surface area contributed by atoms with Crippen molar-refractivity contribution in [1.82, 2.24) is 4.90 Å². The summed E-state index contributed by atoms with van der Waals surface area (Å²) in [5.41, 5.74) is 2.60. The lowest BCUT2D eigenvalue weighted by Gasteiger charge is -2.28. The molecular formula is C17H16FNO2. The van der Waals surface area contributed by atoms with Gasteiger partial charge in [0.1, 0.15) is 0 Å². The van der Waals surface area contributed by atoms with E-state index in [-0.39, 0.29) is 11.7 Å². The highest BCUT2D eigenvalue weighted by Crippen LogP contribution is 2.22. The van der Waals surface area contributed by atoms with Crippen LogP contribution in [0.3, 0.4) is 0 Å². The topological polar surface area (TPSA) is 29.5 Å². The highest BCUT2D eigenvalue weighted by atomic mass is 19.1. The number of rotatable bonds is 3. The highest BCUT2D eigenvalue weighted by Gasteiger charge is 2.23. The van der Waals surface area contributed by atoms with Crippen molar-refractivity contribution in [2.45, 2.75) is 13.0 Å². The van der Waals surface area contributed by atoms with Gasteiger partial charge in [-0.3, -0.25) is 4.79 Å². The van der Waals surface area contributed by atoms with Crippen LogP contribution in [0.25, 0.3) is 0 Å². The number of hydrogen-bond acceptors (Lipinski definition) is 2. The first kappa shape index (κ1) is 13.6. The molecule has 0 atom stereocenters. The molecule has 0 N–H and O–H groups in total. The molecule has 0 radical (unpaired) electrons. The van der Waals surface area contributed by atoms with E-state index >= 15 is 0 Å². The molecule has 2 aromatic rings. The fourth-order valence-corrected chi connectivity index (χ4v) is 2.65. The maximum Gasteiger partial charge on any atom is 0.254 e. The molecule has 3 nitrogen and oxygen atoms in total. The maximum absolute atomic E-state index is 13.7. The molecule has 1 aliphatic heterocycles. The summed E-state index contributed by atoms with van der Waals surface area (Å²) in [5.74, 6) is -0.179. The molecule has 21 heavy (non-hydrogen) atoms. The normalized spacial score (nSPS) is 14.0. The van der Waals surface area contributed by atoms with E-state index in [0.717, 1.165) is 23.1 Å². The second kappa shape index (κ2) is 5.56. The average Bonchev–Trinajstić information content (AvgIpc) is 2.51. The van der Waals surface area contributed by atoms with E-state index in [1.54, 1.807) is 17.0 Å². The number of hydrogen-bond donors (Lipinski definition) is 0. The van der Waals surface area contributed by atoms with Gasteiger partial charge in [0.15, 0.2) is 11.6 Å². The summed E-state index contributed by atoms with van der Waals surface area (Å²) in [6, 6.07) is 12.4. The standard InChI is InChI=1S/C17H16FNO2/c1-21-16-7-6-12(10-15(16)18)11-19-9-8-13-4-2-3-5-14(13)17(19)20/h2-7,10H,8-9,11H2,1H3. The molecule has 0 spiro atoms. The summed E-state index contributed by atoms with van der Waals surface area (Å²) in [7, 11) is 1.43. The molecule has 0 aromatic heterocycles. The van der Waals surface area contributed by atoms with E-state index in [1.807, 2.05) is 24.3 Å². The second-order valence-corrected chi connectivity index (χ2v) is 5.10. The Bertz CT molecular complexity index is 684. The molecule has 108 valence electrons. The molecule has 0 saturated carbocycles. The largest absolute Gasteiger partial charge is 0.494 e. The molecule has 0 unspecified atom stereocenters. The number of nitrogens with zero attached hydrogens (tertiary/aromatic N) is 1. The summed E-state index contributed by atoms with van der Waals surface area (Å²) in [6.07, 6.45) is 0.834. The summed E-state index contributed by atoms with van der Waals surface area (Å²) in [5, 5.41) is 0. The fourth-order valence-electron chi connectivity index (χ4n) is 2.65. The Kier molecular flexibility index (Phi) is 3.60. The molecule has 0 aliphatic carbocycles. The summed E-state index contributed by atoms with van der Waals surface area (Å²) in [6.45, 7) is 1.07. The molecule has 0 saturated heterocycles. The third kappa shape index (κ3) is 2.61. The van der Waals surface area contributed by atoms with Gasteiger partial charge in [0.05, 0.1) is 7.11 Å². The SMILES string of the molecule is COc1ccc(CN2CCc3ccccc3C2=O)cc1F. The molecule has 4 heteroatoms. The number of amides is 1. The number of methoxy groups -OCH3 is 1. The van der Waals surface area contributed by atoms with Crippen molar-refractivity contribution in [3.05, 3.63) is 65.0 Å². The number of fused-ring (bicyclic) bond motifs is 1. The third-order valence-corrected chi connectivity index (χ3v) is 3.78. The minimum absolute atomic E-state index is 0.00748. The van der Waals surface area contributed by atoms with Gasteiger partial charge in [-0.1, -0.05) is 24.3 Å². The van der Waals surface area contributed by atoms with Gasteiger partial charge in [0.25, 0.3) is 5.91 Å². The molecule has 1 aliphatic rings. The molecule has 3 rings (SSSR count). The van der Waals surface area contributed by atoms with Crippen LogP contribution in [0.1, 0.15) is 21.5 Å². The first-order valence-electron chi connectivity index (χ1n) is 6.88. The average molecular weight is 285 g/mol. The van der Waals surface area contributed by atoms with Crippen LogP contribution in [0, 0.1) is 5.82 Å². The summed E-state index contributed by atoms with van der Waals surface area (Å²) in [4.78, 5) is 14.2. The minimum Gasteiger partial charge on any atom is -0.494 e. The first-order valence-corrected chi connectivity index (χ1v) is 6.88. The Morgan fingerprint density at radius 1 is 1.24 bits per heavy atom. The number of benzene rings is 2. The van der Waals surface area contributed by atoms with Crippen LogP contribution in [0.2, 0.25) is 0 Å². The van der Waals surface area contributed by atoms with Gasteiger partial charge in [0, 0.05) is 18.7 Å². The summed E-state index contributed by atoms with van der Waals surface area (Å²) < 4.78 is 18.6.